The number of hydrogen-bond donors (Lipinski definition) is 1. The first-order valence-electron chi connectivity index (χ1n) is 15.7. The van der Waals surface area contributed by atoms with Crippen LogP contribution in [-0.4, -0.2) is 0 Å². The second-order valence-electron chi connectivity index (χ2n) is 11.5. The summed E-state index contributed by atoms with van der Waals surface area (Å²) >= 11 is 3.83. The number of hydrogen-bond acceptors (Lipinski definition) is 3. The molecule has 0 radical (unpaired) electrons. The number of fused-ring (bicyclic) bond motifs is 3. The van der Waals surface area contributed by atoms with Gasteiger partial charge in [-0.05, 0) is 29.9 Å². The zero-order chi connectivity index (χ0) is 25.5. The van der Waals surface area contributed by atoms with Crippen LogP contribution in [0.25, 0.3) is 9.75 Å². The highest BCUT2D eigenvalue weighted by molar-refractivity contribution is 7.21. The standard InChI is InChI=1S/C33H55NS2/c1-3-5-7-9-11-13-15-17-19-21-24-33(25-22-20-18-16-14-12-10-8-6-4-2)28-23-26-35-31(28)32-30(33)29(34)27-36-32/h23,26-27H,3-22,24-25,34H2,1-2H3. The van der Waals surface area contributed by atoms with Crippen molar-refractivity contribution in [3.8, 4) is 9.75 Å². The Morgan fingerprint density at radius 1 is 0.583 bits per heavy atom. The van der Waals surface area contributed by atoms with Crippen LogP contribution >= 0.6 is 22.7 Å². The third kappa shape index (κ3) is 8.35. The second kappa shape index (κ2) is 16.9. The number of unbranched alkanes of at least 4 members (excludes halogenated alkanes) is 18. The SMILES string of the molecule is CCCCCCCCCCCCC1(CCCCCCCCCCCC)c2ccsc2-c2scc(N)c21. The molecule has 0 atom stereocenters. The van der Waals surface area contributed by atoms with Crippen molar-refractivity contribution in [3.05, 3.63) is 28.0 Å². The molecule has 2 heterocycles. The van der Waals surface area contributed by atoms with Crippen molar-refractivity contribution in [1.82, 2.24) is 0 Å². The Morgan fingerprint density at radius 2 is 1.03 bits per heavy atom. The van der Waals surface area contributed by atoms with Crippen LogP contribution in [0, 0.1) is 0 Å². The van der Waals surface area contributed by atoms with Gasteiger partial charge in [-0.25, -0.2) is 0 Å². The van der Waals surface area contributed by atoms with Crippen molar-refractivity contribution in [3.63, 3.8) is 0 Å². The molecule has 0 fully saturated rings. The Balaban J connectivity index is 1.46. The van der Waals surface area contributed by atoms with Crippen LogP contribution in [0.4, 0.5) is 5.69 Å². The fourth-order valence-electron chi connectivity index (χ4n) is 6.50. The number of nitrogens with two attached hydrogens (primary N) is 1. The van der Waals surface area contributed by atoms with Gasteiger partial charge in [0.25, 0.3) is 0 Å². The van der Waals surface area contributed by atoms with Gasteiger partial charge in [0.1, 0.15) is 0 Å². The van der Waals surface area contributed by atoms with Crippen molar-refractivity contribution in [2.24, 2.45) is 0 Å². The Kier molecular flexibility index (Phi) is 14.0. The van der Waals surface area contributed by atoms with Gasteiger partial charge in [0.2, 0.25) is 0 Å². The summed E-state index contributed by atoms with van der Waals surface area (Å²) in [7, 11) is 0. The summed E-state index contributed by atoms with van der Waals surface area (Å²) in [4.78, 5) is 3.03. The van der Waals surface area contributed by atoms with E-state index in [0.29, 0.717) is 0 Å². The van der Waals surface area contributed by atoms with E-state index in [0.717, 1.165) is 5.69 Å². The molecule has 204 valence electrons. The van der Waals surface area contributed by atoms with Crippen LogP contribution in [-0.2, 0) is 5.41 Å². The predicted molar refractivity (Wildman–Crippen MR) is 166 cm³/mol. The predicted octanol–water partition coefficient (Wildman–Crippen LogP) is 12.3. The van der Waals surface area contributed by atoms with E-state index in [1.807, 2.05) is 22.7 Å². The van der Waals surface area contributed by atoms with Gasteiger partial charge in [0.05, 0.1) is 4.88 Å². The van der Waals surface area contributed by atoms with Crippen molar-refractivity contribution in [2.45, 2.75) is 161 Å². The van der Waals surface area contributed by atoms with Crippen LogP contribution in [0.3, 0.4) is 0 Å². The third-order valence-electron chi connectivity index (χ3n) is 8.60. The first-order chi connectivity index (χ1) is 17.7. The van der Waals surface area contributed by atoms with Crippen LogP contribution < -0.4 is 5.73 Å². The van der Waals surface area contributed by atoms with Crippen molar-refractivity contribution in [1.29, 1.82) is 0 Å². The van der Waals surface area contributed by atoms with Gasteiger partial charge in [-0.3, -0.25) is 0 Å². The van der Waals surface area contributed by atoms with Crippen LogP contribution in [0.15, 0.2) is 16.8 Å². The topological polar surface area (TPSA) is 26.0 Å². The number of thiophene rings is 2. The molecule has 1 nitrogen and oxygen atoms in total. The van der Waals surface area contributed by atoms with Gasteiger partial charge in [0, 0.05) is 26.9 Å². The molecule has 0 saturated heterocycles. The molecule has 0 aliphatic heterocycles. The molecular weight excluding hydrogens is 475 g/mol. The minimum atomic E-state index is 0.190. The van der Waals surface area contributed by atoms with E-state index in [1.54, 1.807) is 5.56 Å². The maximum absolute atomic E-state index is 6.66. The number of anilines is 1. The maximum atomic E-state index is 6.66. The Hall–Kier alpha value is -0.800. The fraction of sp³-hybridized carbons (Fsp3) is 0.758. The van der Waals surface area contributed by atoms with E-state index >= 15 is 0 Å². The summed E-state index contributed by atoms with van der Waals surface area (Å²) in [6, 6.07) is 2.44. The first kappa shape index (κ1) is 29.8. The van der Waals surface area contributed by atoms with Crippen molar-refractivity contribution >= 4 is 28.4 Å². The highest BCUT2D eigenvalue weighted by Crippen LogP contribution is 2.60. The van der Waals surface area contributed by atoms with Gasteiger partial charge >= 0.3 is 0 Å². The average Bonchev–Trinajstić information content (AvgIpc) is 3.57. The molecule has 0 amide bonds. The highest BCUT2D eigenvalue weighted by atomic mass is 32.1. The van der Waals surface area contributed by atoms with Crippen LogP contribution in [0.1, 0.15) is 166 Å². The van der Waals surface area contributed by atoms with E-state index < -0.39 is 0 Å². The largest absolute Gasteiger partial charge is 0.398 e. The molecular formula is C33H55NS2. The summed E-state index contributed by atoms with van der Waals surface area (Å²) in [6.07, 6.45) is 30.7. The molecule has 2 aromatic rings. The molecule has 0 spiro atoms. The number of nitrogen functional groups attached to an aromatic ring is 1. The minimum Gasteiger partial charge on any atom is -0.398 e. The molecule has 2 aromatic heterocycles. The molecule has 2 N–H and O–H groups in total. The summed E-state index contributed by atoms with van der Waals surface area (Å²) in [5.74, 6) is 0. The lowest BCUT2D eigenvalue weighted by atomic mass is 9.71. The number of rotatable bonds is 22. The summed E-state index contributed by atoms with van der Waals surface area (Å²) in [6.45, 7) is 4.61. The molecule has 3 rings (SSSR count). The van der Waals surface area contributed by atoms with E-state index in [4.69, 9.17) is 5.73 Å². The zero-order valence-electron chi connectivity index (χ0n) is 23.7. The third-order valence-corrected chi connectivity index (χ3v) is 10.7. The normalized spacial score (nSPS) is 13.8. The Morgan fingerprint density at radius 3 is 1.50 bits per heavy atom. The molecule has 0 aromatic carbocycles. The van der Waals surface area contributed by atoms with Crippen molar-refractivity contribution < 1.29 is 0 Å². The lowest BCUT2D eigenvalue weighted by molar-refractivity contribution is 0.398. The molecule has 1 aliphatic carbocycles. The summed E-state index contributed by atoms with van der Waals surface area (Å²) in [5, 5.41) is 4.55. The Labute approximate surface area is 231 Å². The van der Waals surface area contributed by atoms with E-state index in [9.17, 15) is 0 Å². The van der Waals surface area contributed by atoms with Crippen molar-refractivity contribution in [2.75, 3.05) is 5.73 Å². The average molecular weight is 530 g/mol. The fourth-order valence-corrected chi connectivity index (χ4v) is 8.74. The monoisotopic (exact) mass is 529 g/mol. The summed E-state index contributed by atoms with van der Waals surface area (Å²) in [5.41, 5.74) is 11.1. The van der Waals surface area contributed by atoms with E-state index in [2.05, 4.69) is 30.7 Å². The smallest absolute Gasteiger partial charge is 0.0508 e. The minimum absolute atomic E-state index is 0.190. The molecule has 1 aliphatic rings. The zero-order valence-corrected chi connectivity index (χ0v) is 25.3. The van der Waals surface area contributed by atoms with Crippen LogP contribution in [0.5, 0.6) is 0 Å². The van der Waals surface area contributed by atoms with Gasteiger partial charge < -0.3 is 5.73 Å². The Bertz CT molecular complexity index is 809. The molecule has 36 heavy (non-hydrogen) atoms. The van der Waals surface area contributed by atoms with Crippen LogP contribution in [0.2, 0.25) is 0 Å². The first-order valence-corrected chi connectivity index (χ1v) is 17.5. The van der Waals surface area contributed by atoms with Gasteiger partial charge in [-0.15, -0.1) is 22.7 Å². The molecule has 0 bridgehead atoms. The second-order valence-corrected chi connectivity index (χ2v) is 13.3. The van der Waals surface area contributed by atoms with Gasteiger partial charge in [0.15, 0.2) is 0 Å². The molecule has 0 saturated carbocycles. The van der Waals surface area contributed by atoms with E-state index in [-0.39, 0.29) is 5.41 Å². The van der Waals surface area contributed by atoms with E-state index in [1.165, 1.54) is 157 Å². The van der Waals surface area contributed by atoms with Gasteiger partial charge in [-0.1, -0.05) is 142 Å². The molecule has 0 unspecified atom stereocenters. The maximum Gasteiger partial charge on any atom is 0.0508 e. The lowest BCUT2D eigenvalue weighted by Crippen LogP contribution is -2.26. The summed E-state index contributed by atoms with van der Waals surface area (Å²) < 4.78 is 0. The highest BCUT2D eigenvalue weighted by Gasteiger charge is 2.45. The van der Waals surface area contributed by atoms with Gasteiger partial charge in [-0.2, -0.15) is 0 Å². The lowest BCUT2D eigenvalue weighted by Gasteiger charge is -2.32. The molecule has 3 heteroatoms. The quantitative estimate of drug-likeness (QED) is 0.151.